The molecule has 1 aliphatic heterocycles. The summed E-state index contributed by atoms with van der Waals surface area (Å²) < 4.78 is 30.3. The van der Waals surface area contributed by atoms with Crippen molar-refractivity contribution >= 4 is 5.97 Å². The summed E-state index contributed by atoms with van der Waals surface area (Å²) in [6.07, 6.45) is 1.37. The van der Waals surface area contributed by atoms with Crippen LogP contribution in [0.4, 0.5) is 4.39 Å². The summed E-state index contributed by atoms with van der Waals surface area (Å²) >= 11 is 0. The van der Waals surface area contributed by atoms with Crippen LogP contribution in [-0.2, 0) is 10.2 Å². The number of ether oxygens (including phenoxy) is 3. The summed E-state index contributed by atoms with van der Waals surface area (Å²) in [5.41, 5.74) is 0.0116. The van der Waals surface area contributed by atoms with E-state index in [1.807, 2.05) is 0 Å². The summed E-state index contributed by atoms with van der Waals surface area (Å²) in [7, 11) is 1.37. The van der Waals surface area contributed by atoms with Gasteiger partial charge in [-0.15, -0.1) is 0 Å². The van der Waals surface area contributed by atoms with E-state index in [0.717, 1.165) is 0 Å². The standard InChI is InChI=1S/C14H15FO5/c1-18-12-8(14(2-3-14)7-10(16)17)6-9-13(11(12)15)20-5-4-19-9/h6H,2-5,7H2,1H3,(H,16,17). The number of hydrogen-bond acceptors (Lipinski definition) is 4. The first kappa shape index (κ1) is 13.0. The third-order valence-electron chi connectivity index (χ3n) is 3.85. The Balaban J connectivity index is 2.11. The fourth-order valence-electron chi connectivity index (χ4n) is 2.70. The molecule has 1 aliphatic carbocycles. The molecular formula is C14H15FO5. The number of carbonyl (C=O) groups is 1. The molecule has 0 amide bonds. The maximum Gasteiger partial charge on any atom is 0.304 e. The van der Waals surface area contributed by atoms with Gasteiger partial charge < -0.3 is 19.3 Å². The average Bonchev–Trinajstić information content (AvgIpc) is 3.18. The van der Waals surface area contributed by atoms with Crippen molar-refractivity contribution in [2.75, 3.05) is 20.3 Å². The number of hydrogen-bond donors (Lipinski definition) is 1. The lowest BCUT2D eigenvalue weighted by Crippen LogP contribution is -2.20. The first-order chi connectivity index (χ1) is 9.57. The van der Waals surface area contributed by atoms with Crippen LogP contribution in [0, 0.1) is 5.82 Å². The monoisotopic (exact) mass is 282 g/mol. The molecule has 1 heterocycles. The number of aliphatic carboxylic acids is 1. The summed E-state index contributed by atoms with van der Waals surface area (Å²) in [6.45, 7) is 0.636. The molecule has 1 aromatic carbocycles. The summed E-state index contributed by atoms with van der Waals surface area (Å²) in [5, 5.41) is 9.03. The van der Waals surface area contributed by atoms with E-state index in [1.165, 1.54) is 7.11 Å². The van der Waals surface area contributed by atoms with E-state index in [9.17, 15) is 9.18 Å². The van der Waals surface area contributed by atoms with Gasteiger partial charge in [0.05, 0.1) is 13.5 Å². The molecule has 20 heavy (non-hydrogen) atoms. The molecule has 1 fully saturated rings. The first-order valence-corrected chi connectivity index (χ1v) is 6.46. The predicted molar refractivity (Wildman–Crippen MR) is 67.1 cm³/mol. The molecule has 1 saturated carbocycles. The lowest BCUT2D eigenvalue weighted by atomic mass is 9.90. The predicted octanol–water partition coefficient (Wildman–Crippen LogP) is 2.11. The van der Waals surface area contributed by atoms with E-state index >= 15 is 0 Å². The van der Waals surface area contributed by atoms with E-state index in [2.05, 4.69) is 0 Å². The second-order valence-corrected chi connectivity index (χ2v) is 5.15. The van der Waals surface area contributed by atoms with Crippen LogP contribution in [0.15, 0.2) is 6.07 Å². The average molecular weight is 282 g/mol. The Kier molecular flexibility index (Phi) is 2.96. The molecule has 0 spiro atoms. The Labute approximate surface area is 115 Å². The number of rotatable bonds is 4. The maximum absolute atomic E-state index is 14.4. The quantitative estimate of drug-likeness (QED) is 0.916. The van der Waals surface area contributed by atoms with E-state index < -0.39 is 17.2 Å². The number of methoxy groups -OCH3 is 1. The zero-order chi connectivity index (χ0) is 14.3. The van der Waals surface area contributed by atoms with Crippen LogP contribution in [0.5, 0.6) is 17.2 Å². The van der Waals surface area contributed by atoms with Crippen LogP contribution in [-0.4, -0.2) is 31.4 Å². The Hall–Kier alpha value is -1.98. The molecule has 0 unspecified atom stereocenters. The molecule has 0 saturated heterocycles. The van der Waals surface area contributed by atoms with Gasteiger partial charge in [-0.1, -0.05) is 0 Å². The SMILES string of the molecule is COc1c(C2(CC(=O)O)CC2)cc2c(c1F)OCCO2. The van der Waals surface area contributed by atoms with Gasteiger partial charge in [0.15, 0.2) is 11.5 Å². The summed E-state index contributed by atoms with van der Waals surface area (Å²) in [4.78, 5) is 11.0. The van der Waals surface area contributed by atoms with Crippen LogP contribution in [0.2, 0.25) is 0 Å². The Morgan fingerprint density at radius 2 is 2.15 bits per heavy atom. The molecule has 6 heteroatoms. The maximum atomic E-state index is 14.4. The number of fused-ring (bicyclic) bond motifs is 1. The highest BCUT2D eigenvalue weighted by Gasteiger charge is 2.49. The van der Waals surface area contributed by atoms with Gasteiger partial charge in [0.25, 0.3) is 0 Å². The van der Waals surface area contributed by atoms with Crippen LogP contribution in [0.3, 0.4) is 0 Å². The fraction of sp³-hybridized carbons (Fsp3) is 0.500. The van der Waals surface area contributed by atoms with Crippen molar-refractivity contribution < 1.29 is 28.5 Å². The van der Waals surface area contributed by atoms with Gasteiger partial charge >= 0.3 is 5.97 Å². The molecule has 3 rings (SSSR count). The highest BCUT2D eigenvalue weighted by molar-refractivity contribution is 5.71. The number of carboxylic acids is 1. The molecule has 0 radical (unpaired) electrons. The first-order valence-electron chi connectivity index (χ1n) is 6.46. The molecule has 0 atom stereocenters. The highest BCUT2D eigenvalue weighted by atomic mass is 19.1. The smallest absolute Gasteiger partial charge is 0.304 e. The van der Waals surface area contributed by atoms with Crippen molar-refractivity contribution in [3.05, 3.63) is 17.4 Å². The molecule has 0 aromatic heterocycles. The zero-order valence-corrected chi connectivity index (χ0v) is 11.1. The highest BCUT2D eigenvalue weighted by Crippen LogP contribution is 2.56. The van der Waals surface area contributed by atoms with Crippen molar-refractivity contribution in [1.29, 1.82) is 0 Å². The van der Waals surface area contributed by atoms with Crippen LogP contribution < -0.4 is 14.2 Å². The van der Waals surface area contributed by atoms with Gasteiger partial charge in [0, 0.05) is 11.0 Å². The van der Waals surface area contributed by atoms with Crippen LogP contribution >= 0.6 is 0 Å². The minimum absolute atomic E-state index is 0.0392. The second kappa shape index (κ2) is 4.54. The second-order valence-electron chi connectivity index (χ2n) is 5.15. The third kappa shape index (κ3) is 1.95. The Morgan fingerprint density at radius 1 is 1.45 bits per heavy atom. The topological polar surface area (TPSA) is 65.0 Å². The van der Waals surface area contributed by atoms with Crippen LogP contribution in [0.25, 0.3) is 0 Å². The van der Waals surface area contributed by atoms with Crippen molar-refractivity contribution in [2.24, 2.45) is 0 Å². The molecular weight excluding hydrogens is 267 g/mol. The molecule has 1 N–H and O–H groups in total. The third-order valence-corrected chi connectivity index (χ3v) is 3.85. The lowest BCUT2D eigenvalue weighted by molar-refractivity contribution is -0.137. The van der Waals surface area contributed by atoms with E-state index in [4.69, 9.17) is 19.3 Å². The van der Waals surface area contributed by atoms with Gasteiger partial charge in [0.1, 0.15) is 13.2 Å². The largest absolute Gasteiger partial charge is 0.493 e. The molecule has 1 aromatic rings. The minimum atomic E-state index is -0.903. The van der Waals surface area contributed by atoms with Crippen LogP contribution in [0.1, 0.15) is 24.8 Å². The summed E-state index contributed by atoms with van der Waals surface area (Å²) in [6, 6.07) is 1.66. The Morgan fingerprint density at radius 3 is 2.75 bits per heavy atom. The molecule has 108 valence electrons. The van der Waals surface area contributed by atoms with E-state index in [0.29, 0.717) is 30.8 Å². The van der Waals surface area contributed by atoms with Gasteiger partial charge in [-0.25, -0.2) is 0 Å². The number of carboxylic acid groups (broad SMARTS) is 1. The zero-order valence-electron chi connectivity index (χ0n) is 11.1. The van der Waals surface area contributed by atoms with E-state index in [1.54, 1.807) is 6.07 Å². The normalized spacial score (nSPS) is 18.5. The van der Waals surface area contributed by atoms with Crippen molar-refractivity contribution in [2.45, 2.75) is 24.7 Å². The minimum Gasteiger partial charge on any atom is -0.493 e. The van der Waals surface area contributed by atoms with E-state index in [-0.39, 0.29) is 24.5 Å². The number of halogens is 1. The van der Waals surface area contributed by atoms with Crippen molar-refractivity contribution in [1.82, 2.24) is 0 Å². The summed E-state index contributed by atoms with van der Waals surface area (Å²) in [5.74, 6) is -1.09. The molecule has 2 aliphatic rings. The number of benzene rings is 1. The van der Waals surface area contributed by atoms with Gasteiger partial charge in [0.2, 0.25) is 11.6 Å². The van der Waals surface area contributed by atoms with Crippen molar-refractivity contribution in [3.8, 4) is 17.2 Å². The Bertz CT molecular complexity index is 565. The van der Waals surface area contributed by atoms with Gasteiger partial charge in [-0.3, -0.25) is 4.79 Å². The molecule has 0 bridgehead atoms. The van der Waals surface area contributed by atoms with Crippen molar-refractivity contribution in [3.63, 3.8) is 0 Å². The fourth-order valence-corrected chi connectivity index (χ4v) is 2.70. The van der Waals surface area contributed by atoms with Gasteiger partial charge in [-0.2, -0.15) is 4.39 Å². The van der Waals surface area contributed by atoms with Gasteiger partial charge in [-0.05, 0) is 18.9 Å². The lowest BCUT2D eigenvalue weighted by Gasteiger charge is -2.24. The molecule has 5 nitrogen and oxygen atoms in total.